The van der Waals surface area contributed by atoms with E-state index in [1.807, 2.05) is 29.2 Å². The number of methoxy groups -OCH3 is 1. The predicted octanol–water partition coefficient (Wildman–Crippen LogP) is 3.14. The van der Waals surface area contributed by atoms with Crippen LogP contribution >= 0.6 is 0 Å². The van der Waals surface area contributed by atoms with Gasteiger partial charge in [0, 0.05) is 43.4 Å². The van der Waals surface area contributed by atoms with Crippen molar-refractivity contribution < 1.29 is 9.47 Å². The van der Waals surface area contributed by atoms with E-state index in [-0.39, 0.29) is 12.2 Å². The van der Waals surface area contributed by atoms with Crippen LogP contribution in [-0.2, 0) is 16.0 Å². The first-order valence-corrected chi connectivity index (χ1v) is 10.8. The highest BCUT2D eigenvalue weighted by molar-refractivity contribution is 5.95. The van der Waals surface area contributed by atoms with Gasteiger partial charge in [-0.2, -0.15) is 10.2 Å². The first-order chi connectivity index (χ1) is 15.6. The van der Waals surface area contributed by atoms with Crippen molar-refractivity contribution in [2.45, 2.75) is 32.6 Å². The van der Waals surface area contributed by atoms with Gasteiger partial charge in [0.05, 0.1) is 42.8 Å². The summed E-state index contributed by atoms with van der Waals surface area (Å²) in [6.45, 7) is 7.13. The fraction of sp³-hybridized carbons (Fsp3) is 0.391. The number of aromatic amines is 1. The van der Waals surface area contributed by atoms with Crippen molar-refractivity contribution in [3.8, 4) is 22.5 Å². The van der Waals surface area contributed by atoms with Gasteiger partial charge in [0.25, 0.3) is 0 Å². The van der Waals surface area contributed by atoms with Crippen LogP contribution in [0.1, 0.15) is 13.8 Å². The number of benzene rings is 1. The maximum atomic E-state index is 5.86. The van der Waals surface area contributed by atoms with Gasteiger partial charge in [-0.25, -0.2) is 9.97 Å². The molecule has 5 rings (SSSR count). The summed E-state index contributed by atoms with van der Waals surface area (Å²) >= 11 is 0. The second-order valence-corrected chi connectivity index (χ2v) is 8.24. The van der Waals surface area contributed by atoms with Gasteiger partial charge in [0.1, 0.15) is 17.8 Å². The molecule has 1 saturated heterocycles. The second-order valence-electron chi connectivity index (χ2n) is 8.24. The van der Waals surface area contributed by atoms with E-state index in [0.717, 1.165) is 58.9 Å². The molecule has 4 aromatic rings. The Morgan fingerprint density at radius 3 is 2.78 bits per heavy atom. The number of morpholine rings is 1. The van der Waals surface area contributed by atoms with Crippen molar-refractivity contribution in [1.29, 1.82) is 0 Å². The zero-order chi connectivity index (χ0) is 22.1. The lowest BCUT2D eigenvalue weighted by molar-refractivity contribution is -0.00546. The molecule has 4 heterocycles. The fourth-order valence-corrected chi connectivity index (χ4v) is 4.22. The Morgan fingerprint density at radius 2 is 1.97 bits per heavy atom. The first-order valence-electron chi connectivity index (χ1n) is 10.8. The first kappa shape index (κ1) is 20.6. The standard InChI is InChI=1S/C23H27N7O2/c1-15-11-29(12-16(2)32-15)22-9-21(24-14-25-22)23-19-8-17(4-5-20(19)27-28-23)18-10-26-30(13-18)6-7-31-3/h4-5,8-10,13-16H,6-7,11-12H2,1-3H3,(H,27,28)/t15-,16+. The van der Waals surface area contributed by atoms with Crippen LogP contribution in [0.3, 0.4) is 0 Å². The normalized spacial score (nSPS) is 19.0. The zero-order valence-corrected chi connectivity index (χ0v) is 18.5. The average Bonchev–Trinajstić information content (AvgIpc) is 3.44. The SMILES string of the molecule is COCCn1cc(-c2ccc3[nH]nc(-c4cc(N5C[C@@H](C)O[C@@H](C)C5)ncn4)c3c2)cn1. The molecule has 1 aliphatic heterocycles. The third kappa shape index (κ3) is 4.09. The lowest BCUT2D eigenvalue weighted by Gasteiger charge is -2.36. The number of H-pyrrole nitrogens is 1. The molecule has 32 heavy (non-hydrogen) atoms. The number of nitrogens with one attached hydrogen (secondary N) is 1. The Balaban J connectivity index is 1.47. The van der Waals surface area contributed by atoms with Gasteiger partial charge in [-0.15, -0.1) is 0 Å². The van der Waals surface area contributed by atoms with E-state index in [4.69, 9.17) is 9.47 Å². The highest BCUT2D eigenvalue weighted by atomic mass is 16.5. The summed E-state index contributed by atoms with van der Waals surface area (Å²) in [5.41, 5.74) is 4.70. The number of rotatable bonds is 6. The van der Waals surface area contributed by atoms with E-state index >= 15 is 0 Å². The number of nitrogens with zero attached hydrogens (tertiary/aromatic N) is 6. The lowest BCUT2D eigenvalue weighted by Crippen LogP contribution is -2.45. The Bertz CT molecular complexity index is 1210. The average molecular weight is 434 g/mol. The minimum Gasteiger partial charge on any atom is -0.383 e. The van der Waals surface area contributed by atoms with Crippen LogP contribution in [0.25, 0.3) is 33.4 Å². The van der Waals surface area contributed by atoms with Gasteiger partial charge >= 0.3 is 0 Å². The van der Waals surface area contributed by atoms with E-state index in [1.165, 1.54) is 0 Å². The smallest absolute Gasteiger partial charge is 0.132 e. The summed E-state index contributed by atoms with van der Waals surface area (Å²) in [6.07, 6.45) is 5.84. The molecule has 2 atom stereocenters. The number of hydrogen-bond acceptors (Lipinski definition) is 7. The van der Waals surface area contributed by atoms with Crippen LogP contribution in [0, 0.1) is 0 Å². The van der Waals surface area contributed by atoms with Crippen molar-refractivity contribution in [2.75, 3.05) is 31.7 Å². The number of aromatic nitrogens is 6. The van der Waals surface area contributed by atoms with Crippen LogP contribution < -0.4 is 4.90 Å². The monoisotopic (exact) mass is 433 g/mol. The molecule has 0 aliphatic carbocycles. The number of hydrogen-bond donors (Lipinski definition) is 1. The third-order valence-corrected chi connectivity index (χ3v) is 5.69. The molecule has 3 aromatic heterocycles. The van der Waals surface area contributed by atoms with E-state index in [1.54, 1.807) is 13.4 Å². The molecular weight excluding hydrogens is 406 g/mol. The highest BCUT2D eigenvalue weighted by Gasteiger charge is 2.24. The minimum absolute atomic E-state index is 0.163. The van der Waals surface area contributed by atoms with Gasteiger partial charge < -0.3 is 14.4 Å². The number of ether oxygens (including phenoxy) is 2. The van der Waals surface area contributed by atoms with Gasteiger partial charge in [0.15, 0.2) is 0 Å². The van der Waals surface area contributed by atoms with Gasteiger partial charge in [-0.3, -0.25) is 9.78 Å². The summed E-state index contributed by atoms with van der Waals surface area (Å²) in [7, 11) is 1.69. The maximum absolute atomic E-state index is 5.86. The van der Waals surface area contributed by atoms with Crippen LogP contribution in [0.5, 0.6) is 0 Å². The minimum atomic E-state index is 0.163. The van der Waals surface area contributed by atoms with Crippen molar-refractivity contribution in [1.82, 2.24) is 29.9 Å². The molecule has 0 bridgehead atoms. The molecule has 0 unspecified atom stereocenters. The van der Waals surface area contributed by atoms with Crippen molar-refractivity contribution in [3.63, 3.8) is 0 Å². The zero-order valence-electron chi connectivity index (χ0n) is 18.5. The molecule has 1 aromatic carbocycles. The Morgan fingerprint density at radius 1 is 1.12 bits per heavy atom. The third-order valence-electron chi connectivity index (χ3n) is 5.69. The van der Waals surface area contributed by atoms with E-state index in [0.29, 0.717) is 6.61 Å². The van der Waals surface area contributed by atoms with Crippen molar-refractivity contribution in [3.05, 3.63) is 43.0 Å². The van der Waals surface area contributed by atoms with Crippen molar-refractivity contribution in [2.24, 2.45) is 0 Å². The summed E-state index contributed by atoms with van der Waals surface area (Å²) in [5.74, 6) is 0.892. The van der Waals surface area contributed by atoms with Gasteiger partial charge in [0.2, 0.25) is 0 Å². The molecule has 0 radical (unpaired) electrons. The quantitative estimate of drug-likeness (QED) is 0.499. The maximum Gasteiger partial charge on any atom is 0.132 e. The molecule has 1 aliphatic rings. The Labute approximate surface area is 186 Å². The molecule has 9 nitrogen and oxygen atoms in total. The van der Waals surface area contributed by atoms with Crippen LogP contribution in [0.4, 0.5) is 5.82 Å². The Kier molecular flexibility index (Phi) is 5.59. The number of fused-ring (bicyclic) bond motifs is 1. The largest absolute Gasteiger partial charge is 0.383 e. The van der Waals surface area contributed by atoms with Crippen LogP contribution in [0.2, 0.25) is 0 Å². The molecule has 0 saturated carbocycles. The molecule has 9 heteroatoms. The fourth-order valence-electron chi connectivity index (χ4n) is 4.22. The van der Waals surface area contributed by atoms with Gasteiger partial charge in [-0.1, -0.05) is 6.07 Å². The topological polar surface area (TPSA) is 94.0 Å². The summed E-state index contributed by atoms with van der Waals surface area (Å²) in [5, 5.41) is 13.1. The Hall–Kier alpha value is -3.30. The summed E-state index contributed by atoms with van der Waals surface area (Å²) in [6, 6.07) is 8.26. The molecule has 1 N–H and O–H groups in total. The molecule has 0 amide bonds. The van der Waals surface area contributed by atoms with Crippen molar-refractivity contribution >= 4 is 16.7 Å². The highest BCUT2D eigenvalue weighted by Crippen LogP contribution is 2.31. The molecule has 0 spiro atoms. The number of anilines is 1. The predicted molar refractivity (Wildman–Crippen MR) is 122 cm³/mol. The van der Waals surface area contributed by atoms with E-state index in [9.17, 15) is 0 Å². The molecule has 166 valence electrons. The van der Waals surface area contributed by atoms with Gasteiger partial charge in [-0.05, 0) is 31.5 Å². The molecular formula is C23H27N7O2. The summed E-state index contributed by atoms with van der Waals surface area (Å²) in [4.78, 5) is 11.3. The van der Waals surface area contributed by atoms with E-state index in [2.05, 4.69) is 56.1 Å². The van der Waals surface area contributed by atoms with E-state index < -0.39 is 0 Å². The lowest BCUT2D eigenvalue weighted by atomic mass is 10.1. The van der Waals surface area contributed by atoms with Crippen LogP contribution in [0.15, 0.2) is 43.0 Å². The summed E-state index contributed by atoms with van der Waals surface area (Å²) < 4.78 is 12.9. The van der Waals surface area contributed by atoms with Crippen LogP contribution in [-0.4, -0.2) is 69.0 Å². The molecule has 1 fully saturated rings. The second kappa shape index (κ2) is 8.68.